The molecule has 0 spiro atoms. The molecule has 0 radical (unpaired) electrons. The van der Waals surface area contributed by atoms with Gasteiger partial charge in [0.05, 0.1) is 48.1 Å². The van der Waals surface area contributed by atoms with E-state index in [0.717, 1.165) is 0 Å². The van der Waals surface area contributed by atoms with E-state index in [0.29, 0.717) is 11.3 Å². The van der Waals surface area contributed by atoms with Gasteiger partial charge in [-0.2, -0.15) is 0 Å². The number of rotatable bonds is 7. The molecule has 3 aromatic carbocycles. The highest BCUT2D eigenvalue weighted by Gasteiger charge is 2.47. The van der Waals surface area contributed by atoms with Gasteiger partial charge in [0.25, 0.3) is 11.7 Å². The molecule has 0 bridgehead atoms. The highest BCUT2D eigenvalue weighted by molar-refractivity contribution is 6.51. The number of hydrogen-bond donors (Lipinski definition) is 2. The number of ether oxygens (including phenoxy) is 3. The monoisotopic (exact) mass is 551 g/mol. The van der Waals surface area contributed by atoms with E-state index >= 15 is 0 Å². The van der Waals surface area contributed by atoms with E-state index in [1.165, 1.54) is 67.7 Å². The molecule has 1 amide bonds. The number of benzene rings is 3. The number of esters is 1. The quantitative estimate of drug-likeness (QED) is 0.177. The van der Waals surface area contributed by atoms with Crippen LogP contribution in [-0.4, -0.2) is 48.2 Å². The molecule has 1 unspecified atom stereocenters. The maximum absolute atomic E-state index is 13.4. The van der Waals surface area contributed by atoms with Gasteiger partial charge < -0.3 is 24.4 Å². The smallest absolute Gasteiger partial charge is 0.338 e. The normalized spacial score (nSPS) is 16.5. The first-order chi connectivity index (χ1) is 18.6. The number of Topliss-reactive ketones (excluding diaryl/α,β-unsaturated/α-hetero) is 1. The highest BCUT2D eigenvalue weighted by atomic mass is 35.5. The van der Waals surface area contributed by atoms with Crippen molar-refractivity contribution in [3.63, 3.8) is 0 Å². The summed E-state index contributed by atoms with van der Waals surface area (Å²) in [6, 6.07) is 13.7. The first kappa shape index (κ1) is 27.5. The van der Waals surface area contributed by atoms with Crippen molar-refractivity contribution in [2.75, 3.05) is 19.1 Å². The van der Waals surface area contributed by atoms with E-state index in [1.54, 1.807) is 26.0 Å². The van der Waals surface area contributed by atoms with E-state index in [9.17, 15) is 24.6 Å². The van der Waals surface area contributed by atoms with E-state index < -0.39 is 29.5 Å². The molecule has 0 aliphatic carbocycles. The molecule has 3 aromatic rings. The summed E-state index contributed by atoms with van der Waals surface area (Å²) in [6.07, 6.45) is -0.312. The van der Waals surface area contributed by atoms with Gasteiger partial charge in [0, 0.05) is 11.8 Å². The maximum Gasteiger partial charge on any atom is 0.338 e. The molecule has 1 heterocycles. The predicted octanol–water partition coefficient (Wildman–Crippen LogP) is 5.25. The second-order valence-corrected chi connectivity index (χ2v) is 9.36. The summed E-state index contributed by atoms with van der Waals surface area (Å²) in [7, 11) is 2.80. The standard InChI is InChI=1S/C29H26ClNO8/c1-15(2)39-29(36)17-5-9-18(10-6-17)31-25(16-7-11-19(32)12-8-16)24(27(34)28(31)35)26(33)20-13-21(30)23(38-4)14-22(20)37-3/h5-15,25,32-33H,1-4H3/b26-24+. The summed E-state index contributed by atoms with van der Waals surface area (Å²) in [5.74, 6) is -2.44. The van der Waals surface area contributed by atoms with Crippen LogP contribution in [0.25, 0.3) is 5.76 Å². The molecule has 2 N–H and O–H groups in total. The Labute approximate surface area is 229 Å². The van der Waals surface area contributed by atoms with E-state index in [4.69, 9.17) is 25.8 Å². The van der Waals surface area contributed by atoms with Crippen molar-refractivity contribution >= 4 is 40.7 Å². The molecule has 1 saturated heterocycles. The van der Waals surface area contributed by atoms with Crippen LogP contribution >= 0.6 is 11.6 Å². The van der Waals surface area contributed by atoms with Crippen molar-refractivity contribution in [1.82, 2.24) is 0 Å². The van der Waals surface area contributed by atoms with Crippen LogP contribution in [0.5, 0.6) is 17.2 Å². The zero-order valence-electron chi connectivity index (χ0n) is 21.6. The maximum atomic E-state index is 13.4. The fraction of sp³-hybridized carbons (Fsp3) is 0.207. The van der Waals surface area contributed by atoms with E-state index in [2.05, 4.69) is 0 Å². The van der Waals surface area contributed by atoms with Crippen LogP contribution in [0.3, 0.4) is 0 Å². The molecular weight excluding hydrogens is 526 g/mol. The van der Waals surface area contributed by atoms with Crippen LogP contribution < -0.4 is 14.4 Å². The number of amides is 1. The Kier molecular flexibility index (Phi) is 7.83. The Morgan fingerprint density at radius 1 is 0.949 bits per heavy atom. The van der Waals surface area contributed by atoms with Crippen LogP contribution in [0.2, 0.25) is 5.02 Å². The molecule has 0 aromatic heterocycles. The van der Waals surface area contributed by atoms with Crippen molar-refractivity contribution < 1.29 is 38.8 Å². The van der Waals surface area contributed by atoms with Gasteiger partial charge in [-0.05, 0) is 61.9 Å². The fourth-order valence-corrected chi connectivity index (χ4v) is 4.54. The predicted molar refractivity (Wildman–Crippen MR) is 144 cm³/mol. The summed E-state index contributed by atoms with van der Waals surface area (Å²) in [5.41, 5.74) is 0.874. The number of methoxy groups -OCH3 is 2. The minimum atomic E-state index is -1.08. The number of hydrogen-bond acceptors (Lipinski definition) is 8. The number of aliphatic hydroxyl groups is 1. The average molecular weight is 552 g/mol. The van der Waals surface area contributed by atoms with Gasteiger partial charge >= 0.3 is 5.97 Å². The Hall–Kier alpha value is -4.50. The number of nitrogens with zero attached hydrogens (tertiary/aromatic N) is 1. The fourth-order valence-electron chi connectivity index (χ4n) is 4.30. The van der Waals surface area contributed by atoms with Crippen LogP contribution in [-0.2, 0) is 14.3 Å². The second-order valence-electron chi connectivity index (χ2n) is 8.95. The Balaban J connectivity index is 1.89. The summed E-state index contributed by atoms with van der Waals surface area (Å²) in [5, 5.41) is 21.4. The van der Waals surface area contributed by atoms with Crippen molar-refractivity contribution in [3.8, 4) is 17.2 Å². The first-order valence-electron chi connectivity index (χ1n) is 11.9. The molecule has 9 nitrogen and oxygen atoms in total. The van der Waals surface area contributed by atoms with Gasteiger partial charge in [0.15, 0.2) is 0 Å². The van der Waals surface area contributed by atoms with E-state index in [-0.39, 0.29) is 45.1 Å². The van der Waals surface area contributed by atoms with Crippen molar-refractivity contribution in [3.05, 3.63) is 87.9 Å². The van der Waals surface area contributed by atoms with Crippen LogP contribution in [0.1, 0.15) is 41.4 Å². The largest absolute Gasteiger partial charge is 0.508 e. The number of phenolic OH excluding ortho intramolecular Hbond substituents is 1. The zero-order valence-corrected chi connectivity index (χ0v) is 22.4. The number of ketones is 1. The van der Waals surface area contributed by atoms with Crippen LogP contribution in [0.4, 0.5) is 5.69 Å². The van der Waals surface area contributed by atoms with Gasteiger partial charge in [0.2, 0.25) is 0 Å². The third-order valence-corrected chi connectivity index (χ3v) is 6.40. The molecule has 1 aliphatic rings. The number of phenols is 1. The van der Waals surface area contributed by atoms with Gasteiger partial charge in [0.1, 0.15) is 23.0 Å². The van der Waals surface area contributed by atoms with Gasteiger partial charge in [-0.15, -0.1) is 0 Å². The summed E-state index contributed by atoms with van der Waals surface area (Å²) >= 11 is 6.30. The van der Waals surface area contributed by atoms with Crippen LogP contribution in [0, 0.1) is 0 Å². The molecule has 1 aliphatic heterocycles. The summed E-state index contributed by atoms with van der Waals surface area (Å²) in [6.45, 7) is 3.46. The lowest BCUT2D eigenvalue weighted by Gasteiger charge is -2.26. The average Bonchev–Trinajstić information content (AvgIpc) is 3.18. The van der Waals surface area contributed by atoms with Gasteiger partial charge in [-0.25, -0.2) is 4.79 Å². The Morgan fingerprint density at radius 3 is 2.13 bits per heavy atom. The topological polar surface area (TPSA) is 123 Å². The summed E-state index contributed by atoms with van der Waals surface area (Å²) in [4.78, 5) is 40.3. The lowest BCUT2D eigenvalue weighted by Crippen LogP contribution is -2.29. The number of anilines is 1. The molecular formula is C29H26ClNO8. The number of carbonyl (C=O) groups is 3. The Bertz CT molecular complexity index is 1460. The highest BCUT2D eigenvalue weighted by Crippen LogP contribution is 2.45. The van der Waals surface area contributed by atoms with E-state index in [1.807, 2.05) is 0 Å². The molecule has 1 atom stereocenters. The Morgan fingerprint density at radius 2 is 1.56 bits per heavy atom. The lowest BCUT2D eigenvalue weighted by atomic mass is 9.94. The number of aromatic hydroxyl groups is 1. The number of halogens is 1. The first-order valence-corrected chi connectivity index (χ1v) is 12.3. The van der Waals surface area contributed by atoms with Crippen molar-refractivity contribution in [2.24, 2.45) is 0 Å². The molecule has 202 valence electrons. The molecule has 39 heavy (non-hydrogen) atoms. The SMILES string of the molecule is COc1cc(OC)c(/C(O)=C2\C(=O)C(=O)N(c3ccc(C(=O)OC(C)C)cc3)C2c2ccc(O)cc2)cc1Cl. The minimum Gasteiger partial charge on any atom is -0.508 e. The molecule has 10 heteroatoms. The molecule has 0 saturated carbocycles. The van der Waals surface area contributed by atoms with Crippen LogP contribution in [0.15, 0.2) is 66.2 Å². The summed E-state index contributed by atoms with van der Waals surface area (Å²) < 4.78 is 15.8. The van der Waals surface area contributed by atoms with Gasteiger partial charge in [-0.1, -0.05) is 23.7 Å². The third-order valence-electron chi connectivity index (χ3n) is 6.11. The van der Waals surface area contributed by atoms with Gasteiger partial charge in [-0.3, -0.25) is 14.5 Å². The van der Waals surface area contributed by atoms with Crippen molar-refractivity contribution in [1.29, 1.82) is 0 Å². The van der Waals surface area contributed by atoms with Crippen molar-refractivity contribution in [2.45, 2.75) is 26.0 Å². The lowest BCUT2D eigenvalue weighted by molar-refractivity contribution is -0.132. The molecule has 4 rings (SSSR count). The minimum absolute atomic E-state index is 0.0210. The third kappa shape index (κ3) is 5.26. The zero-order chi connectivity index (χ0) is 28.4. The number of aliphatic hydroxyl groups excluding tert-OH is 1. The molecule has 1 fully saturated rings. The second kappa shape index (κ2) is 11.1. The number of carbonyl (C=O) groups excluding carboxylic acids is 3.